The van der Waals surface area contributed by atoms with E-state index in [1.807, 2.05) is 0 Å². The Kier molecular flexibility index (Phi) is 4.55. The highest BCUT2D eigenvalue weighted by Crippen LogP contribution is 2.25. The van der Waals surface area contributed by atoms with Crippen LogP contribution in [0.4, 0.5) is 14.5 Å². The van der Waals surface area contributed by atoms with Gasteiger partial charge >= 0.3 is 0 Å². The average molecular weight is 299 g/mol. The van der Waals surface area contributed by atoms with Crippen LogP contribution in [0, 0.1) is 11.6 Å². The largest absolute Gasteiger partial charge is 0.389 e. The van der Waals surface area contributed by atoms with Crippen LogP contribution in [0.15, 0.2) is 12.1 Å². The van der Waals surface area contributed by atoms with Gasteiger partial charge in [-0.3, -0.25) is 0 Å². The molecule has 1 aromatic carbocycles. The highest BCUT2D eigenvalue weighted by Gasteiger charge is 2.24. The number of halogens is 2. The minimum Gasteiger partial charge on any atom is -0.389 e. The summed E-state index contributed by atoms with van der Waals surface area (Å²) in [4.78, 5) is 3.86. The molecule has 0 aliphatic carbocycles. The van der Waals surface area contributed by atoms with Gasteiger partial charge in [0.1, 0.15) is 4.99 Å². The van der Waals surface area contributed by atoms with Crippen LogP contribution in [0.25, 0.3) is 0 Å². The Morgan fingerprint density at radius 1 is 1.45 bits per heavy atom. The van der Waals surface area contributed by atoms with Crippen molar-refractivity contribution in [1.29, 1.82) is 0 Å². The molecule has 1 aliphatic rings. The number of thiocarbonyl (C=S) groups is 1. The second-order valence-electron chi connectivity index (χ2n) is 5.28. The summed E-state index contributed by atoms with van der Waals surface area (Å²) in [6.45, 7) is 1.72. The molecule has 1 heterocycles. The van der Waals surface area contributed by atoms with E-state index in [9.17, 15) is 8.78 Å². The molecule has 0 bridgehead atoms. The fourth-order valence-corrected chi connectivity index (χ4v) is 2.81. The number of rotatable bonds is 4. The average Bonchev–Trinajstić information content (AvgIpc) is 2.77. The molecule has 2 rings (SSSR count). The van der Waals surface area contributed by atoms with Gasteiger partial charge in [0.05, 0.1) is 5.69 Å². The molecule has 2 N–H and O–H groups in total. The first-order valence-corrected chi connectivity index (χ1v) is 7.01. The monoisotopic (exact) mass is 299 g/mol. The number of nitrogens with two attached hydrogens (primary N) is 1. The smallest absolute Gasteiger partial charge is 0.182 e. The summed E-state index contributed by atoms with van der Waals surface area (Å²) in [5, 5.41) is 0. The number of hydrogen-bond acceptors (Lipinski definition) is 3. The van der Waals surface area contributed by atoms with Crippen LogP contribution in [-0.4, -0.2) is 43.1 Å². The van der Waals surface area contributed by atoms with E-state index in [0.29, 0.717) is 12.6 Å². The van der Waals surface area contributed by atoms with E-state index in [1.165, 1.54) is 12.1 Å². The molecule has 1 unspecified atom stereocenters. The summed E-state index contributed by atoms with van der Waals surface area (Å²) in [5.74, 6) is -1.86. The Morgan fingerprint density at radius 2 is 2.15 bits per heavy atom. The third-order valence-electron chi connectivity index (χ3n) is 3.89. The highest BCUT2D eigenvalue weighted by atomic mass is 32.1. The fraction of sp³-hybridized carbons (Fsp3) is 0.500. The SMILES string of the molecule is CN(CC1CCCN1C)c1ccc(C(N)=S)c(F)c1F. The predicted molar refractivity (Wildman–Crippen MR) is 81.2 cm³/mol. The molecule has 1 saturated heterocycles. The minimum atomic E-state index is -0.971. The van der Waals surface area contributed by atoms with Crippen LogP contribution in [0.5, 0.6) is 0 Å². The fourth-order valence-electron chi connectivity index (χ4n) is 2.65. The van der Waals surface area contributed by atoms with E-state index in [4.69, 9.17) is 18.0 Å². The van der Waals surface area contributed by atoms with Crippen molar-refractivity contribution in [2.24, 2.45) is 5.73 Å². The molecule has 1 fully saturated rings. The zero-order valence-corrected chi connectivity index (χ0v) is 12.5. The molecular formula is C14H19F2N3S. The first kappa shape index (κ1) is 15.1. The summed E-state index contributed by atoms with van der Waals surface area (Å²) < 4.78 is 28.0. The molecule has 1 aromatic rings. The van der Waals surface area contributed by atoms with Crippen molar-refractivity contribution in [3.8, 4) is 0 Å². The van der Waals surface area contributed by atoms with E-state index in [2.05, 4.69) is 11.9 Å². The molecule has 20 heavy (non-hydrogen) atoms. The first-order chi connectivity index (χ1) is 9.41. The van der Waals surface area contributed by atoms with Gasteiger partial charge < -0.3 is 15.5 Å². The Hall–Kier alpha value is -1.27. The zero-order valence-electron chi connectivity index (χ0n) is 11.7. The maximum atomic E-state index is 14.1. The topological polar surface area (TPSA) is 32.5 Å². The Labute approximate surface area is 123 Å². The lowest BCUT2D eigenvalue weighted by atomic mass is 10.1. The molecule has 0 spiro atoms. The molecule has 110 valence electrons. The normalized spacial score (nSPS) is 19.3. The quantitative estimate of drug-likeness (QED) is 0.863. The van der Waals surface area contributed by atoms with Gasteiger partial charge in [0.2, 0.25) is 0 Å². The van der Waals surface area contributed by atoms with Gasteiger partial charge in [-0.1, -0.05) is 12.2 Å². The van der Waals surface area contributed by atoms with Crippen molar-refractivity contribution in [1.82, 2.24) is 4.90 Å². The maximum absolute atomic E-state index is 14.1. The molecule has 1 aliphatic heterocycles. The standard InChI is InChI=1S/C14H19F2N3S/c1-18-7-3-4-9(18)8-19(2)11-6-5-10(14(17)20)12(15)13(11)16/h5-6,9H,3-4,7-8H2,1-2H3,(H2,17,20). The molecule has 0 amide bonds. The molecule has 1 atom stereocenters. The van der Waals surface area contributed by atoms with Gasteiger partial charge in [-0.15, -0.1) is 0 Å². The second kappa shape index (κ2) is 6.01. The van der Waals surface area contributed by atoms with Gasteiger partial charge in [-0.25, -0.2) is 8.78 Å². The first-order valence-electron chi connectivity index (χ1n) is 6.61. The third kappa shape index (κ3) is 2.91. The summed E-state index contributed by atoms with van der Waals surface area (Å²) in [6.07, 6.45) is 2.22. The second-order valence-corrected chi connectivity index (χ2v) is 5.72. The van der Waals surface area contributed by atoms with Crippen molar-refractivity contribution in [2.45, 2.75) is 18.9 Å². The van der Waals surface area contributed by atoms with E-state index >= 15 is 0 Å². The minimum absolute atomic E-state index is 0.0485. The van der Waals surface area contributed by atoms with Crippen molar-refractivity contribution in [2.75, 3.05) is 32.1 Å². The van der Waals surface area contributed by atoms with Gasteiger partial charge in [0.25, 0.3) is 0 Å². The summed E-state index contributed by atoms with van der Waals surface area (Å²) in [5.41, 5.74) is 5.55. The lowest BCUT2D eigenvalue weighted by Crippen LogP contribution is -2.37. The Morgan fingerprint density at radius 3 is 2.70 bits per heavy atom. The van der Waals surface area contributed by atoms with E-state index in [0.717, 1.165) is 19.4 Å². The van der Waals surface area contributed by atoms with Crippen LogP contribution in [0.3, 0.4) is 0 Å². The van der Waals surface area contributed by atoms with Crippen molar-refractivity contribution in [3.05, 3.63) is 29.3 Å². The van der Waals surface area contributed by atoms with Crippen molar-refractivity contribution >= 4 is 22.9 Å². The number of nitrogens with zero attached hydrogens (tertiary/aromatic N) is 2. The molecule has 0 saturated carbocycles. The Bertz CT molecular complexity index is 521. The van der Waals surface area contributed by atoms with Crippen molar-refractivity contribution in [3.63, 3.8) is 0 Å². The van der Waals surface area contributed by atoms with Crippen LogP contribution in [0.1, 0.15) is 18.4 Å². The van der Waals surface area contributed by atoms with Gasteiger partial charge in [0, 0.05) is 25.2 Å². The third-order valence-corrected chi connectivity index (χ3v) is 4.11. The number of likely N-dealkylation sites (tertiary alicyclic amines) is 1. The van der Waals surface area contributed by atoms with Crippen LogP contribution >= 0.6 is 12.2 Å². The number of hydrogen-bond donors (Lipinski definition) is 1. The predicted octanol–water partition coefficient (Wildman–Crippen LogP) is 2.13. The lowest BCUT2D eigenvalue weighted by molar-refractivity contribution is 0.313. The summed E-state index contributed by atoms with van der Waals surface area (Å²) >= 11 is 4.70. The van der Waals surface area contributed by atoms with E-state index in [-0.39, 0.29) is 16.2 Å². The van der Waals surface area contributed by atoms with E-state index < -0.39 is 11.6 Å². The maximum Gasteiger partial charge on any atom is 0.182 e. The zero-order chi connectivity index (χ0) is 14.9. The molecule has 3 nitrogen and oxygen atoms in total. The van der Waals surface area contributed by atoms with Crippen LogP contribution < -0.4 is 10.6 Å². The molecule has 6 heteroatoms. The number of anilines is 1. The van der Waals surface area contributed by atoms with Crippen LogP contribution in [-0.2, 0) is 0 Å². The van der Waals surface area contributed by atoms with Gasteiger partial charge in [-0.2, -0.15) is 0 Å². The van der Waals surface area contributed by atoms with Gasteiger partial charge in [-0.05, 0) is 38.6 Å². The van der Waals surface area contributed by atoms with E-state index in [1.54, 1.807) is 11.9 Å². The summed E-state index contributed by atoms with van der Waals surface area (Å²) in [7, 11) is 3.82. The van der Waals surface area contributed by atoms with Crippen LogP contribution in [0.2, 0.25) is 0 Å². The molecule has 0 radical (unpaired) electrons. The lowest BCUT2D eigenvalue weighted by Gasteiger charge is -2.27. The molecule has 0 aromatic heterocycles. The molecular weight excluding hydrogens is 280 g/mol. The Balaban J connectivity index is 2.20. The summed E-state index contributed by atoms with van der Waals surface area (Å²) in [6, 6.07) is 3.34. The van der Waals surface area contributed by atoms with Gasteiger partial charge in [0.15, 0.2) is 11.6 Å². The number of likely N-dealkylation sites (N-methyl/N-ethyl adjacent to an activating group) is 2. The van der Waals surface area contributed by atoms with Crippen molar-refractivity contribution < 1.29 is 8.78 Å². The number of benzene rings is 1. The highest BCUT2D eigenvalue weighted by molar-refractivity contribution is 7.80.